The van der Waals surface area contributed by atoms with Gasteiger partial charge < -0.3 is 10.2 Å². The Morgan fingerprint density at radius 1 is 1.00 bits per heavy atom. The SMILES string of the molecule is Cc1nc(-c2ccccc2)ccc1C(=O)Nc1ccc(N2CCCC2)cn1. The van der Waals surface area contributed by atoms with Gasteiger partial charge in [-0.3, -0.25) is 9.78 Å². The lowest BCUT2D eigenvalue weighted by Gasteiger charge is -2.17. The van der Waals surface area contributed by atoms with Gasteiger partial charge in [-0.1, -0.05) is 30.3 Å². The first-order chi connectivity index (χ1) is 13.2. The Balaban J connectivity index is 1.48. The Hall–Kier alpha value is -3.21. The van der Waals surface area contributed by atoms with Crippen molar-refractivity contribution in [2.75, 3.05) is 23.3 Å². The van der Waals surface area contributed by atoms with Crippen LogP contribution in [0.5, 0.6) is 0 Å². The number of nitrogens with zero attached hydrogens (tertiary/aromatic N) is 3. The summed E-state index contributed by atoms with van der Waals surface area (Å²) in [4.78, 5) is 23.9. The second kappa shape index (κ2) is 7.58. The molecule has 0 spiro atoms. The summed E-state index contributed by atoms with van der Waals surface area (Å²) in [7, 11) is 0. The Morgan fingerprint density at radius 2 is 1.78 bits per heavy atom. The molecule has 0 saturated carbocycles. The van der Waals surface area contributed by atoms with Gasteiger partial charge in [0, 0.05) is 18.7 Å². The van der Waals surface area contributed by atoms with Crippen LogP contribution < -0.4 is 10.2 Å². The van der Waals surface area contributed by atoms with E-state index in [1.54, 1.807) is 0 Å². The second-order valence-electron chi connectivity index (χ2n) is 6.75. The lowest BCUT2D eigenvalue weighted by molar-refractivity contribution is 0.102. The number of benzene rings is 1. The van der Waals surface area contributed by atoms with Gasteiger partial charge in [-0.05, 0) is 44.0 Å². The minimum absolute atomic E-state index is 0.193. The van der Waals surface area contributed by atoms with E-state index in [9.17, 15) is 4.79 Å². The average Bonchev–Trinajstić information content (AvgIpc) is 3.24. The van der Waals surface area contributed by atoms with E-state index in [1.807, 2.05) is 67.7 Å². The molecule has 0 atom stereocenters. The molecule has 0 radical (unpaired) electrons. The van der Waals surface area contributed by atoms with Crippen LogP contribution in [0.4, 0.5) is 11.5 Å². The Morgan fingerprint density at radius 3 is 2.44 bits per heavy atom. The van der Waals surface area contributed by atoms with Crippen molar-refractivity contribution in [2.45, 2.75) is 19.8 Å². The molecular formula is C22H22N4O. The topological polar surface area (TPSA) is 58.1 Å². The van der Waals surface area contributed by atoms with Gasteiger partial charge in [-0.25, -0.2) is 4.98 Å². The highest BCUT2D eigenvalue weighted by Gasteiger charge is 2.14. The summed E-state index contributed by atoms with van der Waals surface area (Å²) >= 11 is 0. The predicted molar refractivity (Wildman–Crippen MR) is 108 cm³/mol. The summed E-state index contributed by atoms with van der Waals surface area (Å²) in [5, 5.41) is 2.87. The van der Waals surface area contributed by atoms with Gasteiger partial charge >= 0.3 is 0 Å². The summed E-state index contributed by atoms with van der Waals surface area (Å²) in [6.07, 6.45) is 4.28. The third-order valence-corrected chi connectivity index (χ3v) is 4.86. The van der Waals surface area contributed by atoms with E-state index < -0.39 is 0 Å². The molecule has 3 heterocycles. The van der Waals surface area contributed by atoms with Crippen LogP contribution in [0, 0.1) is 6.92 Å². The van der Waals surface area contributed by atoms with Crippen molar-refractivity contribution in [1.82, 2.24) is 9.97 Å². The van der Waals surface area contributed by atoms with E-state index in [0.717, 1.165) is 30.0 Å². The fourth-order valence-electron chi connectivity index (χ4n) is 3.38. The molecule has 0 aliphatic carbocycles. The molecule has 1 N–H and O–H groups in total. The molecule has 4 rings (SSSR count). The normalized spacial score (nSPS) is 13.6. The maximum Gasteiger partial charge on any atom is 0.258 e. The molecular weight excluding hydrogens is 336 g/mol. The van der Waals surface area contributed by atoms with Gasteiger partial charge in [-0.2, -0.15) is 0 Å². The van der Waals surface area contributed by atoms with Gasteiger partial charge in [0.25, 0.3) is 5.91 Å². The minimum atomic E-state index is -0.193. The fraction of sp³-hybridized carbons (Fsp3) is 0.227. The number of hydrogen-bond acceptors (Lipinski definition) is 4. The van der Waals surface area contributed by atoms with Crippen molar-refractivity contribution >= 4 is 17.4 Å². The van der Waals surface area contributed by atoms with Crippen LogP contribution in [0.3, 0.4) is 0 Å². The van der Waals surface area contributed by atoms with Crippen LogP contribution >= 0.6 is 0 Å². The number of carbonyl (C=O) groups excluding carboxylic acids is 1. The third kappa shape index (κ3) is 3.82. The lowest BCUT2D eigenvalue weighted by Crippen LogP contribution is -2.18. The van der Waals surface area contributed by atoms with Gasteiger partial charge in [0.1, 0.15) is 5.82 Å². The van der Waals surface area contributed by atoms with Crippen molar-refractivity contribution in [2.24, 2.45) is 0 Å². The van der Waals surface area contributed by atoms with E-state index in [2.05, 4.69) is 20.2 Å². The zero-order valence-electron chi connectivity index (χ0n) is 15.4. The van der Waals surface area contributed by atoms with Crippen molar-refractivity contribution in [3.05, 3.63) is 72.1 Å². The van der Waals surface area contributed by atoms with E-state index in [0.29, 0.717) is 17.1 Å². The molecule has 136 valence electrons. The molecule has 0 bridgehead atoms. The van der Waals surface area contributed by atoms with Crippen LogP contribution in [0.25, 0.3) is 11.3 Å². The Bertz CT molecular complexity index is 932. The second-order valence-corrected chi connectivity index (χ2v) is 6.75. The Labute approximate surface area is 159 Å². The third-order valence-electron chi connectivity index (χ3n) is 4.86. The van der Waals surface area contributed by atoms with E-state index in [4.69, 9.17) is 0 Å². The quantitative estimate of drug-likeness (QED) is 0.755. The molecule has 5 nitrogen and oxygen atoms in total. The van der Waals surface area contributed by atoms with Crippen LogP contribution in [0.1, 0.15) is 28.9 Å². The van der Waals surface area contributed by atoms with Gasteiger partial charge in [0.2, 0.25) is 0 Å². The number of hydrogen-bond donors (Lipinski definition) is 1. The number of aryl methyl sites for hydroxylation is 1. The van der Waals surface area contributed by atoms with Gasteiger partial charge in [0.05, 0.1) is 28.8 Å². The van der Waals surface area contributed by atoms with Gasteiger partial charge in [0.15, 0.2) is 0 Å². The summed E-state index contributed by atoms with van der Waals surface area (Å²) in [5.74, 6) is 0.357. The first kappa shape index (κ1) is 17.2. The molecule has 1 aliphatic heterocycles. The van der Waals surface area contributed by atoms with E-state index in [1.165, 1.54) is 12.8 Å². The molecule has 2 aromatic heterocycles. The maximum absolute atomic E-state index is 12.6. The zero-order valence-corrected chi connectivity index (χ0v) is 15.4. The number of nitrogens with one attached hydrogen (secondary N) is 1. The molecule has 5 heteroatoms. The van der Waals surface area contributed by atoms with Crippen molar-refractivity contribution in [3.8, 4) is 11.3 Å². The molecule has 1 aromatic carbocycles. The lowest BCUT2D eigenvalue weighted by atomic mass is 10.1. The first-order valence-electron chi connectivity index (χ1n) is 9.26. The van der Waals surface area contributed by atoms with Gasteiger partial charge in [-0.15, -0.1) is 0 Å². The smallest absolute Gasteiger partial charge is 0.258 e. The highest BCUT2D eigenvalue weighted by molar-refractivity contribution is 6.04. The number of aromatic nitrogens is 2. The molecule has 1 fully saturated rings. The molecule has 3 aromatic rings. The summed E-state index contributed by atoms with van der Waals surface area (Å²) in [6.45, 7) is 4.00. The van der Waals surface area contributed by atoms with Crippen molar-refractivity contribution in [3.63, 3.8) is 0 Å². The van der Waals surface area contributed by atoms with Crippen LogP contribution in [-0.4, -0.2) is 29.0 Å². The monoisotopic (exact) mass is 358 g/mol. The standard InChI is InChI=1S/C22H22N4O/c1-16-19(10-11-20(24-16)17-7-3-2-4-8-17)22(27)25-21-12-9-18(15-23-21)26-13-5-6-14-26/h2-4,7-12,15H,5-6,13-14H2,1H3,(H,23,25,27). The summed E-state index contributed by atoms with van der Waals surface area (Å²) in [5.41, 5.74) is 4.25. The van der Waals surface area contributed by atoms with Crippen LogP contribution in [0.2, 0.25) is 0 Å². The molecule has 0 unspecified atom stereocenters. The molecule has 1 saturated heterocycles. The minimum Gasteiger partial charge on any atom is -0.370 e. The Kier molecular flexibility index (Phi) is 4.83. The number of rotatable bonds is 4. The van der Waals surface area contributed by atoms with Crippen molar-refractivity contribution in [1.29, 1.82) is 0 Å². The summed E-state index contributed by atoms with van der Waals surface area (Å²) < 4.78 is 0. The number of carbonyl (C=O) groups is 1. The van der Waals surface area contributed by atoms with Crippen LogP contribution in [0.15, 0.2) is 60.8 Å². The molecule has 27 heavy (non-hydrogen) atoms. The number of amides is 1. The molecule has 1 amide bonds. The highest BCUT2D eigenvalue weighted by atomic mass is 16.1. The zero-order chi connectivity index (χ0) is 18.6. The van der Waals surface area contributed by atoms with Crippen LogP contribution in [-0.2, 0) is 0 Å². The largest absolute Gasteiger partial charge is 0.370 e. The number of pyridine rings is 2. The van der Waals surface area contributed by atoms with E-state index >= 15 is 0 Å². The maximum atomic E-state index is 12.6. The highest BCUT2D eigenvalue weighted by Crippen LogP contribution is 2.21. The summed E-state index contributed by atoms with van der Waals surface area (Å²) in [6, 6.07) is 17.5. The fourth-order valence-corrected chi connectivity index (χ4v) is 3.38. The van der Waals surface area contributed by atoms with E-state index in [-0.39, 0.29) is 5.91 Å². The number of anilines is 2. The molecule has 1 aliphatic rings. The first-order valence-corrected chi connectivity index (χ1v) is 9.26. The average molecular weight is 358 g/mol. The predicted octanol–water partition coefficient (Wildman–Crippen LogP) is 4.30. The van der Waals surface area contributed by atoms with Crippen molar-refractivity contribution < 1.29 is 4.79 Å².